The van der Waals surface area contributed by atoms with Gasteiger partial charge in [0.2, 0.25) is 5.88 Å². The Morgan fingerprint density at radius 2 is 2.11 bits per heavy atom. The van der Waals surface area contributed by atoms with Gasteiger partial charge in [-0.05, 0) is 18.0 Å². The first-order valence-electron chi connectivity index (χ1n) is 6.56. The third-order valence-corrected chi connectivity index (χ3v) is 3.02. The molecule has 1 rings (SSSR count). The standard InChI is InChI=1S/C14H25N3O/c1-5-17(10-11(2)3)13(8-15)12-6-7-14(18-4)16-9-12/h6-7,9,11,13H,5,8,10,15H2,1-4H3. The predicted molar refractivity (Wildman–Crippen MR) is 74.7 cm³/mol. The minimum Gasteiger partial charge on any atom is -0.481 e. The number of methoxy groups -OCH3 is 1. The molecule has 0 aliphatic heterocycles. The Kier molecular flexibility index (Phi) is 6.09. The molecule has 1 aromatic heterocycles. The maximum Gasteiger partial charge on any atom is 0.212 e. The highest BCUT2D eigenvalue weighted by Gasteiger charge is 2.18. The fourth-order valence-electron chi connectivity index (χ4n) is 2.15. The second-order valence-electron chi connectivity index (χ2n) is 4.87. The lowest BCUT2D eigenvalue weighted by atomic mass is 10.1. The van der Waals surface area contributed by atoms with Crippen LogP contribution in [0.5, 0.6) is 5.88 Å². The molecule has 0 saturated carbocycles. The van der Waals surface area contributed by atoms with E-state index in [0.717, 1.165) is 18.7 Å². The second-order valence-corrected chi connectivity index (χ2v) is 4.87. The minimum absolute atomic E-state index is 0.232. The summed E-state index contributed by atoms with van der Waals surface area (Å²) in [5.74, 6) is 1.27. The number of hydrogen-bond acceptors (Lipinski definition) is 4. The van der Waals surface area contributed by atoms with Gasteiger partial charge in [-0.25, -0.2) is 4.98 Å². The third kappa shape index (κ3) is 3.96. The summed E-state index contributed by atoms with van der Waals surface area (Å²) >= 11 is 0. The van der Waals surface area contributed by atoms with Crippen molar-refractivity contribution in [3.05, 3.63) is 23.9 Å². The summed E-state index contributed by atoms with van der Waals surface area (Å²) in [6, 6.07) is 4.17. The normalized spacial score (nSPS) is 13.1. The van der Waals surface area contributed by atoms with Crippen molar-refractivity contribution < 1.29 is 4.74 Å². The highest BCUT2D eigenvalue weighted by Crippen LogP contribution is 2.21. The lowest BCUT2D eigenvalue weighted by molar-refractivity contribution is 0.189. The Balaban J connectivity index is 2.85. The van der Waals surface area contributed by atoms with Crippen LogP contribution < -0.4 is 10.5 Å². The Morgan fingerprint density at radius 3 is 2.50 bits per heavy atom. The number of likely N-dealkylation sites (N-methyl/N-ethyl adjacent to an activating group) is 1. The van der Waals surface area contributed by atoms with Gasteiger partial charge in [-0.1, -0.05) is 26.8 Å². The van der Waals surface area contributed by atoms with Gasteiger partial charge in [0.15, 0.2) is 0 Å². The Bertz CT molecular complexity index is 337. The molecule has 0 saturated heterocycles. The molecule has 2 N–H and O–H groups in total. The summed E-state index contributed by atoms with van der Waals surface area (Å²) < 4.78 is 5.08. The van der Waals surface area contributed by atoms with Crippen molar-refractivity contribution in [2.45, 2.75) is 26.8 Å². The quantitative estimate of drug-likeness (QED) is 0.806. The van der Waals surface area contributed by atoms with Gasteiger partial charge >= 0.3 is 0 Å². The molecule has 18 heavy (non-hydrogen) atoms. The van der Waals surface area contributed by atoms with Crippen molar-refractivity contribution in [1.29, 1.82) is 0 Å². The molecule has 0 aromatic carbocycles. The summed E-state index contributed by atoms with van der Waals surface area (Å²) in [6.45, 7) is 9.26. The van der Waals surface area contributed by atoms with Crippen molar-refractivity contribution in [2.75, 3.05) is 26.7 Å². The van der Waals surface area contributed by atoms with Crippen LogP contribution in [-0.4, -0.2) is 36.6 Å². The topological polar surface area (TPSA) is 51.4 Å². The van der Waals surface area contributed by atoms with Crippen LogP contribution in [0.3, 0.4) is 0 Å². The van der Waals surface area contributed by atoms with Gasteiger partial charge in [-0.3, -0.25) is 4.90 Å². The zero-order valence-corrected chi connectivity index (χ0v) is 11.9. The summed E-state index contributed by atoms with van der Waals surface area (Å²) in [7, 11) is 1.62. The predicted octanol–water partition coefficient (Wildman–Crippen LogP) is 2.07. The first-order valence-corrected chi connectivity index (χ1v) is 6.56. The highest BCUT2D eigenvalue weighted by atomic mass is 16.5. The van der Waals surface area contributed by atoms with E-state index >= 15 is 0 Å². The zero-order chi connectivity index (χ0) is 13.5. The summed E-state index contributed by atoms with van der Waals surface area (Å²) in [5.41, 5.74) is 7.08. The van der Waals surface area contributed by atoms with E-state index in [4.69, 9.17) is 10.5 Å². The fourth-order valence-corrected chi connectivity index (χ4v) is 2.15. The number of nitrogens with zero attached hydrogens (tertiary/aromatic N) is 2. The van der Waals surface area contributed by atoms with Crippen molar-refractivity contribution in [3.8, 4) is 5.88 Å². The van der Waals surface area contributed by atoms with E-state index in [1.807, 2.05) is 18.3 Å². The zero-order valence-electron chi connectivity index (χ0n) is 11.9. The minimum atomic E-state index is 0.232. The summed E-state index contributed by atoms with van der Waals surface area (Å²) in [4.78, 5) is 6.65. The lowest BCUT2D eigenvalue weighted by Gasteiger charge is -2.31. The monoisotopic (exact) mass is 251 g/mol. The molecule has 0 aliphatic carbocycles. The first kappa shape index (κ1) is 14.9. The van der Waals surface area contributed by atoms with Gasteiger partial charge in [-0.2, -0.15) is 0 Å². The van der Waals surface area contributed by atoms with Gasteiger partial charge in [0.05, 0.1) is 7.11 Å². The van der Waals surface area contributed by atoms with Crippen LogP contribution in [0.2, 0.25) is 0 Å². The molecule has 4 nitrogen and oxygen atoms in total. The van der Waals surface area contributed by atoms with Crippen LogP contribution in [-0.2, 0) is 0 Å². The van der Waals surface area contributed by atoms with Gasteiger partial charge in [0.25, 0.3) is 0 Å². The van der Waals surface area contributed by atoms with E-state index in [-0.39, 0.29) is 6.04 Å². The molecule has 0 radical (unpaired) electrons. The molecule has 0 amide bonds. The molecule has 0 spiro atoms. The largest absolute Gasteiger partial charge is 0.481 e. The number of rotatable bonds is 7. The highest BCUT2D eigenvalue weighted by molar-refractivity contribution is 5.21. The van der Waals surface area contributed by atoms with Crippen molar-refractivity contribution in [2.24, 2.45) is 11.7 Å². The molecule has 1 unspecified atom stereocenters. The van der Waals surface area contributed by atoms with E-state index in [9.17, 15) is 0 Å². The molecular weight excluding hydrogens is 226 g/mol. The van der Waals surface area contributed by atoms with Crippen LogP contribution in [0.1, 0.15) is 32.4 Å². The van der Waals surface area contributed by atoms with Gasteiger partial charge < -0.3 is 10.5 Å². The van der Waals surface area contributed by atoms with E-state index in [1.54, 1.807) is 7.11 Å². The van der Waals surface area contributed by atoms with Crippen LogP contribution >= 0.6 is 0 Å². The van der Waals surface area contributed by atoms with Crippen LogP contribution in [0.4, 0.5) is 0 Å². The SMILES string of the molecule is CCN(CC(C)C)C(CN)c1ccc(OC)nc1. The molecule has 102 valence electrons. The Labute approximate surface area is 110 Å². The third-order valence-electron chi connectivity index (χ3n) is 3.02. The van der Waals surface area contributed by atoms with Crippen molar-refractivity contribution in [1.82, 2.24) is 9.88 Å². The maximum absolute atomic E-state index is 5.93. The lowest BCUT2D eigenvalue weighted by Crippen LogP contribution is -2.36. The maximum atomic E-state index is 5.93. The first-order chi connectivity index (χ1) is 8.62. The van der Waals surface area contributed by atoms with E-state index in [2.05, 4.69) is 30.7 Å². The molecule has 0 fully saturated rings. The van der Waals surface area contributed by atoms with Crippen molar-refractivity contribution >= 4 is 0 Å². The molecular formula is C14H25N3O. The fraction of sp³-hybridized carbons (Fsp3) is 0.643. The number of pyridine rings is 1. The number of aromatic nitrogens is 1. The van der Waals surface area contributed by atoms with E-state index in [1.165, 1.54) is 0 Å². The van der Waals surface area contributed by atoms with Gasteiger partial charge in [0.1, 0.15) is 0 Å². The number of hydrogen-bond donors (Lipinski definition) is 1. The molecule has 1 atom stereocenters. The Hall–Kier alpha value is -1.13. The summed E-state index contributed by atoms with van der Waals surface area (Å²) in [5, 5.41) is 0. The van der Waals surface area contributed by atoms with Crippen molar-refractivity contribution in [3.63, 3.8) is 0 Å². The Morgan fingerprint density at radius 1 is 1.39 bits per heavy atom. The van der Waals surface area contributed by atoms with Crippen LogP contribution in [0.15, 0.2) is 18.3 Å². The van der Waals surface area contributed by atoms with Gasteiger partial charge in [-0.15, -0.1) is 0 Å². The van der Waals surface area contributed by atoms with E-state index in [0.29, 0.717) is 18.3 Å². The summed E-state index contributed by atoms with van der Waals surface area (Å²) in [6.07, 6.45) is 1.86. The molecule has 1 heterocycles. The second kappa shape index (κ2) is 7.34. The molecule has 1 aromatic rings. The van der Waals surface area contributed by atoms with Crippen LogP contribution in [0.25, 0.3) is 0 Å². The smallest absolute Gasteiger partial charge is 0.212 e. The van der Waals surface area contributed by atoms with Gasteiger partial charge in [0, 0.05) is 31.4 Å². The molecule has 4 heteroatoms. The number of ether oxygens (including phenoxy) is 1. The molecule has 0 bridgehead atoms. The average Bonchev–Trinajstić information content (AvgIpc) is 2.38. The number of nitrogens with two attached hydrogens (primary N) is 1. The average molecular weight is 251 g/mol. The van der Waals surface area contributed by atoms with E-state index < -0.39 is 0 Å². The van der Waals surface area contributed by atoms with Crippen LogP contribution in [0, 0.1) is 5.92 Å². The molecule has 0 aliphatic rings.